The zero-order valence-corrected chi connectivity index (χ0v) is 44.6. The minimum atomic E-state index is -0.957. The van der Waals surface area contributed by atoms with Crippen LogP contribution in [0.25, 0.3) is 10.4 Å². The van der Waals surface area contributed by atoms with Gasteiger partial charge in [0.15, 0.2) is 0 Å². The number of aliphatic hydroxyl groups excluding tert-OH is 2. The van der Waals surface area contributed by atoms with Crippen molar-refractivity contribution in [1.82, 2.24) is 35.6 Å². The van der Waals surface area contributed by atoms with E-state index in [4.69, 9.17) is 16.3 Å². The van der Waals surface area contributed by atoms with Crippen molar-refractivity contribution in [1.29, 1.82) is 5.26 Å². The molecule has 0 radical (unpaired) electrons. The highest BCUT2D eigenvalue weighted by Gasteiger charge is 2.64. The first-order chi connectivity index (χ1) is 34.0. The number of thiazole rings is 1. The third kappa shape index (κ3) is 12.2. The molecular formula is C55H71ClN8O7S. The fourth-order valence-electron chi connectivity index (χ4n) is 11.1. The fraction of sp³-hybridized carbons (Fsp3) is 0.527. The largest absolute Gasteiger partial charge is 0.489 e. The van der Waals surface area contributed by atoms with Crippen molar-refractivity contribution in [3.8, 4) is 22.3 Å². The second-order valence-corrected chi connectivity index (χ2v) is 23.4. The van der Waals surface area contributed by atoms with Crippen molar-refractivity contribution < 1.29 is 34.1 Å². The number of β-amino-alcohol motifs (C(OH)–C–C–N with tert-alkyl or cyclic N) is 1. The molecule has 17 heteroatoms. The molecule has 1 saturated carbocycles. The van der Waals surface area contributed by atoms with Crippen LogP contribution in [0.15, 0.2) is 72.2 Å². The third-order valence-corrected chi connectivity index (χ3v) is 16.2. The van der Waals surface area contributed by atoms with Crippen molar-refractivity contribution in [3.05, 3.63) is 105 Å². The Bertz CT molecular complexity index is 2610. The molecule has 4 amide bonds. The number of benzene rings is 3. The first kappa shape index (κ1) is 54.4. The highest BCUT2D eigenvalue weighted by Crippen LogP contribution is 2.55. The van der Waals surface area contributed by atoms with E-state index in [0.717, 1.165) is 46.6 Å². The summed E-state index contributed by atoms with van der Waals surface area (Å²) in [4.78, 5) is 66.4. The molecule has 3 aliphatic rings. The summed E-state index contributed by atoms with van der Waals surface area (Å²) in [5.41, 5.74) is 5.29. The maximum Gasteiger partial charge on any atom is 0.251 e. The van der Waals surface area contributed by atoms with E-state index < -0.39 is 29.5 Å². The normalized spacial score (nSPS) is 22.8. The SMILES string of the molecule is Cc1ncsc1-c1ccc([C@H](C)NC(=O)C2C[C@@H](O)CN2C(=O)[C@@H](NC(=O)CN2CCN(CCCc3ccc(C(=O)NC4C(C)(C)C(Oc5ccc(C#N)c(Cl)c5)C4(C)C)cc3)[C@H](CO)C2)C(C)(C)C)cc1. The molecule has 1 aliphatic carbocycles. The molecule has 2 saturated heterocycles. The maximum atomic E-state index is 14.3. The van der Waals surface area contributed by atoms with Crippen LogP contribution in [0, 0.1) is 34.5 Å². The number of ether oxygens (including phenoxy) is 1. The number of likely N-dealkylation sites (tertiary alicyclic amines) is 1. The zero-order valence-electron chi connectivity index (χ0n) is 43.0. The number of carbonyl (C=O) groups excluding carboxylic acids is 4. The van der Waals surface area contributed by atoms with Crippen molar-refractivity contribution >= 4 is 46.6 Å². The van der Waals surface area contributed by atoms with Gasteiger partial charge in [-0.3, -0.25) is 29.0 Å². The number of aliphatic hydroxyl groups is 2. The predicted molar refractivity (Wildman–Crippen MR) is 279 cm³/mol. The monoisotopic (exact) mass is 1020 g/mol. The van der Waals surface area contributed by atoms with Gasteiger partial charge in [0.25, 0.3) is 5.91 Å². The molecule has 7 rings (SSSR count). The Hall–Kier alpha value is -5.41. The fourth-order valence-corrected chi connectivity index (χ4v) is 12.1. The topological polar surface area (TPSA) is 200 Å². The molecule has 5 N–H and O–H groups in total. The average molecular weight is 1020 g/mol. The lowest BCUT2D eigenvalue weighted by Crippen LogP contribution is -2.74. The van der Waals surface area contributed by atoms with Crippen LogP contribution in [0.5, 0.6) is 5.75 Å². The quantitative estimate of drug-likeness (QED) is 0.0770. The smallest absolute Gasteiger partial charge is 0.251 e. The van der Waals surface area contributed by atoms with Gasteiger partial charge in [0, 0.05) is 67.1 Å². The predicted octanol–water partition coefficient (Wildman–Crippen LogP) is 6.54. The van der Waals surface area contributed by atoms with Gasteiger partial charge in [-0.15, -0.1) is 11.3 Å². The molecule has 3 aromatic carbocycles. The molecule has 0 spiro atoms. The van der Waals surface area contributed by atoms with Gasteiger partial charge in [-0.1, -0.05) is 96.5 Å². The van der Waals surface area contributed by atoms with Gasteiger partial charge in [0.05, 0.1) is 52.0 Å². The number of nitrogens with zero attached hydrogens (tertiary/aromatic N) is 5. The van der Waals surface area contributed by atoms with Crippen molar-refractivity contribution in [2.75, 3.05) is 45.9 Å². The van der Waals surface area contributed by atoms with Crippen molar-refractivity contribution in [2.45, 2.75) is 124 Å². The van der Waals surface area contributed by atoms with E-state index in [1.807, 2.05) is 93.6 Å². The summed E-state index contributed by atoms with van der Waals surface area (Å²) < 4.78 is 6.38. The highest BCUT2D eigenvalue weighted by molar-refractivity contribution is 7.13. The van der Waals surface area contributed by atoms with Crippen molar-refractivity contribution in [3.63, 3.8) is 0 Å². The van der Waals surface area contributed by atoms with Crippen LogP contribution in [0.2, 0.25) is 5.02 Å². The zero-order chi connectivity index (χ0) is 52.3. The van der Waals surface area contributed by atoms with E-state index in [-0.39, 0.29) is 78.9 Å². The van der Waals surface area contributed by atoms with Gasteiger partial charge < -0.3 is 35.8 Å². The second-order valence-electron chi connectivity index (χ2n) is 22.1. The summed E-state index contributed by atoms with van der Waals surface area (Å²) in [6.07, 6.45) is 0.608. The Labute approximate surface area is 433 Å². The lowest BCUT2D eigenvalue weighted by Gasteiger charge is -2.63. The van der Waals surface area contributed by atoms with Crippen LogP contribution in [0.3, 0.4) is 0 Å². The molecule has 1 aromatic heterocycles. The number of amides is 4. The number of piperazine rings is 1. The molecule has 72 heavy (non-hydrogen) atoms. The molecule has 5 atom stereocenters. The van der Waals surface area contributed by atoms with E-state index in [1.54, 1.807) is 29.5 Å². The standard InChI is InChI=1S/C55H71ClN8O7S/c1-33(36-16-18-37(19-17-36)46-34(2)58-32-72-46)59-49(69)44-25-41(66)29-64(44)50(70)47(53(3,4)5)60-45(67)30-62-23-24-63(40(28-62)31-65)22-10-11-35-12-14-38(15-13-35)48(68)61-51-54(6,7)52(55(51,8)9)71-42-21-20-39(27-57)43(56)26-42/h12-21,26,32-33,40-41,44,47,51-52,65-66H,10-11,22-25,28-31H2,1-9H3,(H,59,69)(H,60,67)(H,61,68)/t33-,40-,41+,44?,47+,51?,52?/m0/s1. The third-order valence-electron chi connectivity index (χ3n) is 14.9. The van der Waals surface area contributed by atoms with Gasteiger partial charge >= 0.3 is 0 Å². The van der Waals surface area contributed by atoms with Crippen LogP contribution in [-0.2, 0) is 20.8 Å². The number of hydrogen-bond donors (Lipinski definition) is 5. The Morgan fingerprint density at radius 1 is 0.986 bits per heavy atom. The summed E-state index contributed by atoms with van der Waals surface area (Å²) in [7, 11) is 0. The number of nitriles is 1. The minimum Gasteiger partial charge on any atom is -0.489 e. The number of halogens is 1. The number of aryl methyl sites for hydroxylation is 2. The molecule has 0 bridgehead atoms. The Balaban J connectivity index is 0.862. The van der Waals surface area contributed by atoms with Crippen LogP contribution >= 0.6 is 22.9 Å². The van der Waals surface area contributed by atoms with Crippen LogP contribution < -0.4 is 20.7 Å². The molecule has 15 nitrogen and oxygen atoms in total. The van der Waals surface area contributed by atoms with Crippen LogP contribution in [-0.4, -0.2) is 136 Å². The second kappa shape index (κ2) is 22.4. The van der Waals surface area contributed by atoms with Crippen LogP contribution in [0.4, 0.5) is 0 Å². The van der Waals surface area contributed by atoms with Gasteiger partial charge in [0.1, 0.15) is 30.0 Å². The summed E-state index contributed by atoms with van der Waals surface area (Å²) in [5, 5.41) is 40.1. The van der Waals surface area contributed by atoms with E-state index in [2.05, 4.69) is 59.6 Å². The van der Waals surface area contributed by atoms with E-state index in [9.17, 15) is 34.7 Å². The van der Waals surface area contributed by atoms with Gasteiger partial charge in [0.2, 0.25) is 17.7 Å². The van der Waals surface area contributed by atoms with Crippen molar-refractivity contribution in [2.24, 2.45) is 16.2 Å². The average Bonchev–Trinajstić information content (AvgIpc) is 3.96. The maximum absolute atomic E-state index is 14.3. The lowest BCUT2D eigenvalue weighted by atomic mass is 9.49. The highest BCUT2D eigenvalue weighted by atomic mass is 35.5. The van der Waals surface area contributed by atoms with E-state index in [0.29, 0.717) is 41.5 Å². The molecule has 4 aromatic rings. The van der Waals surface area contributed by atoms with Gasteiger partial charge in [-0.2, -0.15) is 5.26 Å². The Morgan fingerprint density at radius 2 is 1.68 bits per heavy atom. The molecular weight excluding hydrogens is 952 g/mol. The first-order valence-electron chi connectivity index (χ1n) is 24.9. The first-order valence-corrected chi connectivity index (χ1v) is 26.2. The van der Waals surface area contributed by atoms with Crippen LogP contribution in [0.1, 0.15) is 107 Å². The summed E-state index contributed by atoms with van der Waals surface area (Å²) in [6, 6.07) is 20.2. The molecule has 2 aliphatic heterocycles. The van der Waals surface area contributed by atoms with E-state index in [1.165, 1.54) is 4.90 Å². The summed E-state index contributed by atoms with van der Waals surface area (Å²) >= 11 is 7.84. The summed E-state index contributed by atoms with van der Waals surface area (Å²) in [6.45, 7) is 20.1. The number of nitrogens with one attached hydrogen (secondary N) is 3. The number of carbonyl (C=O) groups is 4. The number of hydrogen-bond acceptors (Lipinski definition) is 12. The summed E-state index contributed by atoms with van der Waals surface area (Å²) in [5.74, 6) is -0.699. The molecule has 3 fully saturated rings. The number of rotatable bonds is 17. The van der Waals surface area contributed by atoms with E-state index >= 15 is 0 Å². The van der Waals surface area contributed by atoms with Gasteiger partial charge in [-0.25, -0.2) is 4.98 Å². The minimum absolute atomic E-state index is 0.0187. The Morgan fingerprint density at radius 3 is 2.29 bits per heavy atom. The lowest BCUT2D eigenvalue weighted by molar-refractivity contribution is -0.164. The van der Waals surface area contributed by atoms with Gasteiger partial charge in [-0.05, 0) is 79.6 Å². The number of aromatic nitrogens is 1. The molecule has 1 unspecified atom stereocenters. The Kier molecular flexibility index (Phi) is 16.9. The molecule has 386 valence electrons. The molecule has 3 heterocycles.